The molecule has 5 nitrogen and oxygen atoms in total. The van der Waals surface area contributed by atoms with Crippen LogP contribution in [0, 0.1) is 0 Å². The molecule has 0 fully saturated rings. The molecule has 0 aliphatic heterocycles. The third-order valence-corrected chi connectivity index (χ3v) is 9.97. The molecule has 248 valence electrons. The molecule has 0 radical (unpaired) electrons. The van der Waals surface area contributed by atoms with Crippen LogP contribution in [-0.4, -0.2) is 24.5 Å². The van der Waals surface area contributed by atoms with Crippen molar-refractivity contribution >= 4 is 32.6 Å². The lowest BCUT2D eigenvalue weighted by Crippen LogP contribution is -2.00. The van der Waals surface area contributed by atoms with Crippen molar-refractivity contribution in [2.75, 3.05) is 0 Å². The summed E-state index contributed by atoms with van der Waals surface area (Å²) >= 11 is 0. The van der Waals surface area contributed by atoms with Crippen molar-refractivity contribution in [3.63, 3.8) is 0 Å². The number of hydrogen-bond acceptors (Lipinski definition) is 4. The molecule has 10 rings (SSSR count). The number of para-hydroxylation sites is 2. The minimum absolute atomic E-state index is 0.624. The van der Waals surface area contributed by atoms with E-state index in [4.69, 9.17) is 15.0 Å². The van der Waals surface area contributed by atoms with Gasteiger partial charge in [-0.3, -0.25) is 4.98 Å². The summed E-state index contributed by atoms with van der Waals surface area (Å²) in [4.78, 5) is 19.5. The van der Waals surface area contributed by atoms with Crippen LogP contribution in [0.5, 0.6) is 0 Å². The number of pyridine rings is 1. The maximum atomic E-state index is 5.09. The van der Waals surface area contributed by atoms with E-state index in [1.165, 1.54) is 21.8 Å². The second kappa shape index (κ2) is 12.8. The Balaban J connectivity index is 1.07. The molecule has 0 bridgehead atoms. The van der Waals surface area contributed by atoms with E-state index in [1.807, 2.05) is 12.3 Å². The average Bonchev–Trinajstić information content (AvgIpc) is 3.58. The highest BCUT2D eigenvalue weighted by Crippen LogP contribution is 2.36. The summed E-state index contributed by atoms with van der Waals surface area (Å²) in [6.07, 6.45) is 3.66. The van der Waals surface area contributed by atoms with E-state index < -0.39 is 0 Å². The zero-order chi connectivity index (χ0) is 35.1. The van der Waals surface area contributed by atoms with Gasteiger partial charge in [-0.25, -0.2) is 15.0 Å². The number of hydrogen-bond donors (Lipinski definition) is 0. The van der Waals surface area contributed by atoms with Gasteiger partial charge >= 0.3 is 0 Å². The van der Waals surface area contributed by atoms with Gasteiger partial charge in [0.25, 0.3) is 0 Å². The predicted octanol–water partition coefficient (Wildman–Crippen LogP) is 11.9. The van der Waals surface area contributed by atoms with Crippen LogP contribution in [-0.2, 0) is 0 Å². The molecule has 0 N–H and O–H groups in total. The molecule has 0 atom stereocenters. The van der Waals surface area contributed by atoms with E-state index in [0.717, 1.165) is 55.4 Å². The fraction of sp³-hybridized carbons (Fsp3) is 0. The van der Waals surface area contributed by atoms with Crippen LogP contribution in [0.1, 0.15) is 0 Å². The summed E-state index contributed by atoms with van der Waals surface area (Å²) in [5.41, 5.74) is 10.7. The van der Waals surface area contributed by atoms with Crippen LogP contribution in [0.3, 0.4) is 0 Å². The third-order valence-electron chi connectivity index (χ3n) is 9.97. The summed E-state index contributed by atoms with van der Waals surface area (Å²) < 4.78 is 2.35. The topological polar surface area (TPSA) is 56.5 Å². The van der Waals surface area contributed by atoms with Gasteiger partial charge in [0.05, 0.1) is 11.0 Å². The van der Waals surface area contributed by atoms with E-state index in [9.17, 15) is 0 Å². The Morgan fingerprint density at radius 1 is 0.358 bits per heavy atom. The molecule has 0 amide bonds. The lowest BCUT2D eigenvalue weighted by molar-refractivity contribution is 1.08. The number of nitrogens with zero attached hydrogens (tertiary/aromatic N) is 5. The van der Waals surface area contributed by atoms with E-state index in [0.29, 0.717) is 17.5 Å². The molecule has 0 saturated heterocycles. The molecule has 3 heterocycles. The molecular weight excluding hydrogens is 647 g/mol. The van der Waals surface area contributed by atoms with Gasteiger partial charge in [-0.1, -0.05) is 146 Å². The Morgan fingerprint density at radius 3 is 1.68 bits per heavy atom. The number of aromatic nitrogens is 5. The third kappa shape index (κ3) is 5.52. The van der Waals surface area contributed by atoms with Crippen molar-refractivity contribution in [3.05, 3.63) is 188 Å². The fourth-order valence-electron chi connectivity index (χ4n) is 7.34. The van der Waals surface area contributed by atoms with Gasteiger partial charge in [0, 0.05) is 45.5 Å². The number of rotatable bonds is 6. The SMILES string of the molecule is c1ccc(-n2c3ccccc3c3ccc(-c4ccc(-c5nc(-c6ccc(-c7cccnc7)cc6)nc(-c6cccc7ccccc67)n5)cc4)cc32)cc1. The van der Waals surface area contributed by atoms with Gasteiger partial charge in [0.1, 0.15) is 0 Å². The molecule has 0 saturated carbocycles. The first kappa shape index (κ1) is 30.6. The first-order valence-electron chi connectivity index (χ1n) is 17.7. The van der Waals surface area contributed by atoms with E-state index in [2.05, 4.69) is 179 Å². The van der Waals surface area contributed by atoms with Gasteiger partial charge in [0.2, 0.25) is 0 Å². The van der Waals surface area contributed by atoms with Crippen molar-refractivity contribution < 1.29 is 0 Å². The van der Waals surface area contributed by atoms with Gasteiger partial charge in [0.15, 0.2) is 17.5 Å². The van der Waals surface area contributed by atoms with Crippen molar-refractivity contribution in [1.29, 1.82) is 0 Å². The monoisotopic (exact) mass is 677 g/mol. The van der Waals surface area contributed by atoms with Crippen LogP contribution in [0.4, 0.5) is 0 Å². The average molecular weight is 678 g/mol. The Labute approximate surface area is 306 Å². The molecule has 0 spiro atoms. The Kier molecular flexibility index (Phi) is 7.40. The van der Waals surface area contributed by atoms with Crippen LogP contribution >= 0.6 is 0 Å². The first-order valence-corrected chi connectivity index (χ1v) is 17.7. The van der Waals surface area contributed by atoms with Crippen LogP contribution in [0.15, 0.2) is 188 Å². The Hall–Kier alpha value is -7.24. The summed E-state index contributed by atoms with van der Waals surface area (Å²) in [5, 5.41) is 4.72. The first-order chi connectivity index (χ1) is 26.3. The highest BCUT2D eigenvalue weighted by Gasteiger charge is 2.16. The summed E-state index contributed by atoms with van der Waals surface area (Å²) in [7, 11) is 0. The van der Waals surface area contributed by atoms with E-state index >= 15 is 0 Å². The molecule has 5 heteroatoms. The predicted molar refractivity (Wildman–Crippen MR) is 217 cm³/mol. The van der Waals surface area contributed by atoms with E-state index in [1.54, 1.807) is 6.20 Å². The van der Waals surface area contributed by atoms with Crippen molar-refractivity contribution in [3.8, 4) is 62.1 Å². The smallest absolute Gasteiger partial charge is 0.164 e. The van der Waals surface area contributed by atoms with Crippen LogP contribution < -0.4 is 0 Å². The van der Waals surface area contributed by atoms with E-state index in [-0.39, 0.29) is 0 Å². The lowest BCUT2D eigenvalue weighted by Gasteiger charge is -2.11. The summed E-state index contributed by atoms with van der Waals surface area (Å²) in [5.74, 6) is 1.89. The van der Waals surface area contributed by atoms with Gasteiger partial charge in [-0.15, -0.1) is 0 Å². The molecule has 0 unspecified atom stereocenters. The highest BCUT2D eigenvalue weighted by molar-refractivity contribution is 6.10. The van der Waals surface area contributed by atoms with Crippen molar-refractivity contribution in [1.82, 2.24) is 24.5 Å². The maximum Gasteiger partial charge on any atom is 0.164 e. The molecule has 53 heavy (non-hydrogen) atoms. The molecule has 10 aromatic rings. The minimum Gasteiger partial charge on any atom is -0.309 e. The zero-order valence-corrected chi connectivity index (χ0v) is 28.6. The second-order valence-corrected chi connectivity index (χ2v) is 13.1. The summed E-state index contributed by atoms with van der Waals surface area (Å²) in [6.45, 7) is 0. The van der Waals surface area contributed by atoms with Crippen molar-refractivity contribution in [2.24, 2.45) is 0 Å². The largest absolute Gasteiger partial charge is 0.309 e. The Morgan fingerprint density at radius 2 is 0.943 bits per heavy atom. The molecule has 0 aliphatic rings. The van der Waals surface area contributed by atoms with Gasteiger partial charge in [-0.2, -0.15) is 0 Å². The van der Waals surface area contributed by atoms with Crippen molar-refractivity contribution in [2.45, 2.75) is 0 Å². The molecule has 7 aromatic carbocycles. The molecular formula is C48H31N5. The highest BCUT2D eigenvalue weighted by atomic mass is 15.0. The second-order valence-electron chi connectivity index (χ2n) is 13.1. The normalized spacial score (nSPS) is 11.4. The standard InChI is InChI=1S/C48H31N5/c1-2-13-39(14-3-1)53-44-18-7-6-16-41(44)42-28-27-37(30-45(42)53)32-19-23-35(24-20-32)46-50-47(36-25-21-33(22-26-36)38-12-9-29-49-31-38)52-48(51-46)43-17-8-11-34-10-4-5-15-40(34)43/h1-31H. The summed E-state index contributed by atoms with van der Waals surface area (Å²) in [6, 6.07) is 61.5. The van der Waals surface area contributed by atoms with Gasteiger partial charge in [-0.05, 0) is 63.4 Å². The van der Waals surface area contributed by atoms with Crippen LogP contribution in [0.25, 0.3) is 94.7 Å². The zero-order valence-electron chi connectivity index (χ0n) is 28.6. The number of fused-ring (bicyclic) bond motifs is 4. The number of benzene rings is 7. The maximum absolute atomic E-state index is 5.09. The van der Waals surface area contributed by atoms with Gasteiger partial charge < -0.3 is 4.57 Å². The lowest BCUT2D eigenvalue weighted by atomic mass is 10.0. The Bertz CT molecular complexity index is 2910. The fourth-order valence-corrected chi connectivity index (χ4v) is 7.34. The van der Waals surface area contributed by atoms with Crippen LogP contribution in [0.2, 0.25) is 0 Å². The quantitative estimate of drug-likeness (QED) is 0.176. The molecule has 3 aromatic heterocycles. The molecule has 0 aliphatic carbocycles. The minimum atomic E-state index is 0.624.